The van der Waals surface area contributed by atoms with Crippen molar-refractivity contribution in [1.29, 1.82) is 0 Å². The molecule has 0 aliphatic heterocycles. The third-order valence-electron chi connectivity index (χ3n) is 0.749. The maximum Gasteiger partial charge on any atom is 0.258 e. The van der Waals surface area contributed by atoms with Crippen molar-refractivity contribution in [3.63, 3.8) is 0 Å². The number of rotatable bonds is 4. The van der Waals surface area contributed by atoms with Crippen molar-refractivity contribution in [1.82, 2.24) is 5.09 Å². The molecule has 1 atom stereocenters. The van der Waals surface area contributed by atoms with E-state index in [-0.39, 0.29) is 12.1 Å². The van der Waals surface area contributed by atoms with Crippen molar-refractivity contribution >= 4 is 8.18 Å². The van der Waals surface area contributed by atoms with Crippen molar-refractivity contribution in [2.24, 2.45) is 0 Å². The van der Waals surface area contributed by atoms with Gasteiger partial charge in [-0.1, -0.05) is 0 Å². The summed E-state index contributed by atoms with van der Waals surface area (Å²) in [7, 11) is -1.99. The molecule has 1 N–H and O–H groups in total. The van der Waals surface area contributed by atoms with Crippen molar-refractivity contribution in [2.45, 2.75) is 39.8 Å². The Hall–Kier alpha value is 0.150. The van der Waals surface area contributed by atoms with Gasteiger partial charge in [-0.15, -0.1) is 0 Å². The van der Waals surface area contributed by atoms with Crippen LogP contribution < -0.4 is 5.09 Å². The number of hydrogen-bond acceptors (Lipinski definition) is 2. The third-order valence-corrected chi connectivity index (χ3v) is 2.25. The minimum absolute atomic E-state index is 0.0395. The molecule has 0 fully saturated rings. The van der Waals surface area contributed by atoms with Crippen LogP contribution in [0.15, 0.2) is 0 Å². The molecule has 0 aromatic rings. The molecule has 0 saturated carbocycles. The molecule has 0 aromatic heterocycles. The predicted molar refractivity (Wildman–Crippen MR) is 43.5 cm³/mol. The fraction of sp³-hybridized carbons (Fsp3) is 1.00. The Kier molecular flexibility index (Phi) is 4.96. The van der Waals surface area contributed by atoms with Crippen LogP contribution in [0, 0.1) is 0 Å². The highest BCUT2D eigenvalue weighted by Crippen LogP contribution is 2.19. The topological polar surface area (TPSA) is 38.3 Å². The molecular weight excluding hydrogens is 149 g/mol. The zero-order chi connectivity index (χ0) is 8.15. The van der Waals surface area contributed by atoms with Crippen LogP contribution in [0.3, 0.4) is 0 Å². The summed E-state index contributed by atoms with van der Waals surface area (Å²) in [4.78, 5) is 0. The Morgan fingerprint density at radius 1 is 1.30 bits per heavy atom. The molecule has 0 radical (unpaired) electrons. The van der Waals surface area contributed by atoms with Gasteiger partial charge >= 0.3 is 0 Å². The molecule has 0 aliphatic rings. The summed E-state index contributed by atoms with van der Waals surface area (Å²) in [6.45, 7) is 7.60. The first kappa shape index (κ1) is 10.2. The maximum absolute atomic E-state index is 10.9. The first-order chi connectivity index (χ1) is 4.52. The quantitative estimate of drug-likeness (QED) is 0.645. The summed E-state index contributed by atoms with van der Waals surface area (Å²) in [5.74, 6) is 0. The lowest BCUT2D eigenvalue weighted by Crippen LogP contribution is -2.16. The zero-order valence-electron chi connectivity index (χ0n) is 6.97. The fourth-order valence-corrected chi connectivity index (χ4v) is 1.45. The van der Waals surface area contributed by atoms with E-state index in [9.17, 15) is 4.57 Å². The van der Waals surface area contributed by atoms with Crippen LogP contribution in [0.1, 0.15) is 27.7 Å². The van der Waals surface area contributed by atoms with E-state index >= 15 is 0 Å². The Morgan fingerprint density at radius 3 is 2.10 bits per heavy atom. The molecule has 0 spiro atoms. The summed E-state index contributed by atoms with van der Waals surface area (Å²) in [5, 5.41) is 2.80. The van der Waals surface area contributed by atoms with Crippen LogP contribution in [0.2, 0.25) is 0 Å². The number of nitrogens with one attached hydrogen (secondary N) is 1. The molecule has 0 bridgehead atoms. The molecule has 0 aromatic carbocycles. The third kappa shape index (κ3) is 6.27. The Balaban J connectivity index is 3.44. The molecular formula is C6H16NO2P. The van der Waals surface area contributed by atoms with Gasteiger partial charge in [0.2, 0.25) is 0 Å². The van der Waals surface area contributed by atoms with Crippen LogP contribution in [-0.2, 0) is 9.09 Å². The van der Waals surface area contributed by atoms with Gasteiger partial charge in [-0.2, -0.15) is 0 Å². The standard InChI is InChI=1S/C6H16NO2P/c1-5(2)7-10(8)9-6(3)4/h5-6,10H,1-4H3,(H,7,8). The van der Waals surface area contributed by atoms with E-state index in [1.165, 1.54) is 0 Å². The smallest absolute Gasteiger partial charge is 0.258 e. The lowest BCUT2D eigenvalue weighted by Gasteiger charge is -2.10. The normalized spacial score (nSPS) is 14.6. The highest BCUT2D eigenvalue weighted by Gasteiger charge is 2.02. The van der Waals surface area contributed by atoms with Crippen LogP contribution in [0.5, 0.6) is 0 Å². The van der Waals surface area contributed by atoms with Crippen molar-refractivity contribution in [2.75, 3.05) is 0 Å². The van der Waals surface area contributed by atoms with Gasteiger partial charge in [0, 0.05) is 6.04 Å². The Bertz CT molecular complexity index is 102. The lowest BCUT2D eigenvalue weighted by atomic mass is 10.4. The monoisotopic (exact) mass is 165 g/mol. The summed E-state index contributed by atoms with van der Waals surface area (Å²) in [6, 6.07) is 0.227. The van der Waals surface area contributed by atoms with E-state index in [1.54, 1.807) is 0 Å². The fourth-order valence-electron chi connectivity index (χ4n) is 0.484. The van der Waals surface area contributed by atoms with Gasteiger partial charge in [-0.3, -0.25) is 4.57 Å². The predicted octanol–water partition coefficient (Wildman–Crippen LogP) is 1.80. The van der Waals surface area contributed by atoms with Gasteiger partial charge in [0.25, 0.3) is 8.18 Å². The minimum Gasteiger partial charge on any atom is -0.317 e. The summed E-state index contributed by atoms with van der Waals surface area (Å²) in [5.41, 5.74) is 0. The molecule has 0 rings (SSSR count). The molecule has 0 amide bonds. The Morgan fingerprint density at radius 2 is 1.80 bits per heavy atom. The average molecular weight is 165 g/mol. The maximum atomic E-state index is 10.9. The van der Waals surface area contributed by atoms with Crippen molar-refractivity contribution in [3.05, 3.63) is 0 Å². The van der Waals surface area contributed by atoms with Crippen LogP contribution in [0.25, 0.3) is 0 Å². The van der Waals surface area contributed by atoms with Gasteiger partial charge in [-0.25, -0.2) is 5.09 Å². The van der Waals surface area contributed by atoms with Crippen LogP contribution in [-0.4, -0.2) is 12.1 Å². The van der Waals surface area contributed by atoms with E-state index in [2.05, 4.69) is 5.09 Å². The van der Waals surface area contributed by atoms with Gasteiger partial charge in [0.1, 0.15) is 0 Å². The van der Waals surface area contributed by atoms with Crippen molar-refractivity contribution in [3.8, 4) is 0 Å². The number of hydrogen-bond donors (Lipinski definition) is 1. The van der Waals surface area contributed by atoms with E-state index < -0.39 is 8.18 Å². The molecule has 4 heteroatoms. The highest BCUT2D eigenvalue weighted by atomic mass is 31.1. The molecule has 0 aliphatic carbocycles. The van der Waals surface area contributed by atoms with E-state index in [0.29, 0.717) is 0 Å². The van der Waals surface area contributed by atoms with Crippen LogP contribution in [0.4, 0.5) is 0 Å². The Labute approximate surface area is 63.1 Å². The average Bonchev–Trinajstić information content (AvgIpc) is 1.58. The molecule has 1 unspecified atom stereocenters. The molecule has 0 saturated heterocycles. The lowest BCUT2D eigenvalue weighted by molar-refractivity contribution is 0.250. The second-order valence-electron chi connectivity index (χ2n) is 2.75. The van der Waals surface area contributed by atoms with Crippen LogP contribution >= 0.6 is 8.18 Å². The van der Waals surface area contributed by atoms with E-state index in [1.807, 2.05) is 27.7 Å². The molecule has 62 valence electrons. The SMILES string of the molecule is CC(C)N[PH](=O)OC(C)C. The highest BCUT2D eigenvalue weighted by molar-refractivity contribution is 7.36. The molecule has 10 heavy (non-hydrogen) atoms. The van der Waals surface area contributed by atoms with E-state index in [0.717, 1.165) is 0 Å². The molecule has 3 nitrogen and oxygen atoms in total. The van der Waals surface area contributed by atoms with Gasteiger partial charge in [-0.05, 0) is 27.7 Å². The second-order valence-corrected chi connectivity index (χ2v) is 3.85. The second kappa shape index (κ2) is 4.89. The van der Waals surface area contributed by atoms with Gasteiger partial charge in [0.15, 0.2) is 0 Å². The first-order valence-electron chi connectivity index (χ1n) is 3.49. The summed E-state index contributed by atoms with van der Waals surface area (Å²) in [6.07, 6.45) is 0.0395. The zero-order valence-corrected chi connectivity index (χ0v) is 7.97. The van der Waals surface area contributed by atoms with Crippen molar-refractivity contribution < 1.29 is 9.09 Å². The first-order valence-corrected chi connectivity index (χ1v) is 4.81. The summed E-state index contributed by atoms with van der Waals surface area (Å²) >= 11 is 0. The van der Waals surface area contributed by atoms with Gasteiger partial charge < -0.3 is 4.52 Å². The molecule has 0 heterocycles. The largest absolute Gasteiger partial charge is 0.317 e. The summed E-state index contributed by atoms with van der Waals surface area (Å²) < 4.78 is 15.9. The minimum atomic E-state index is -1.99. The van der Waals surface area contributed by atoms with Gasteiger partial charge in [0.05, 0.1) is 6.10 Å². The van der Waals surface area contributed by atoms with E-state index in [4.69, 9.17) is 4.52 Å².